The van der Waals surface area contributed by atoms with Crippen molar-refractivity contribution in [2.24, 2.45) is 4.99 Å². The zero-order chi connectivity index (χ0) is 11.7. The summed E-state index contributed by atoms with van der Waals surface area (Å²) in [5.41, 5.74) is 2.09. The Bertz CT molecular complexity index is 394. The van der Waals surface area contributed by atoms with Gasteiger partial charge in [0.25, 0.3) is 0 Å². The number of aliphatic imine (C=N–C) groups is 1. The molecule has 0 aromatic carbocycles. The van der Waals surface area contributed by atoms with Gasteiger partial charge in [-0.1, -0.05) is 16.9 Å². The number of aromatic nitrogens is 1. The molecule has 2 heterocycles. The summed E-state index contributed by atoms with van der Waals surface area (Å²) in [5, 5.41) is 8.40. The van der Waals surface area contributed by atoms with Crippen LogP contribution in [0.3, 0.4) is 0 Å². The zero-order valence-corrected chi connectivity index (χ0v) is 10.9. The van der Waals surface area contributed by atoms with Crippen molar-refractivity contribution in [1.82, 2.24) is 10.5 Å². The summed E-state index contributed by atoms with van der Waals surface area (Å²) in [5.74, 6) is 1.95. The van der Waals surface area contributed by atoms with Crippen LogP contribution >= 0.6 is 11.8 Å². The Balaban J connectivity index is 2.09. The van der Waals surface area contributed by atoms with Crippen molar-refractivity contribution in [3.63, 3.8) is 0 Å². The molecule has 0 spiro atoms. The molecule has 2 atom stereocenters. The van der Waals surface area contributed by atoms with Crippen molar-refractivity contribution in [2.75, 3.05) is 5.75 Å². The summed E-state index contributed by atoms with van der Waals surface area (Å²) in [6.07, 6.45) is 0. The Morgan fingerprint density at radius 2 is 2.25 bits per heavy atom. The van der Waals surface area contributed by atoms with Gasteiger partial charge in [-0.2, -0.15) is 0 Å². The SMILES string of the molecule is Cc1noc(C)c1C(C)NC1=NC(C)CS1. The molecule has 16 heavy (non-hydrogen) atoms. The first-order valence-corrected chi connectivity index (χ1v) is 6.46. The second kappa shape index (κ2) is 4.49. The molecule has 1 aliphatic heterocycles. The minimum atomic E-state index is 0.197. The molecule has 0 bridgehead atoms. The third kappa shape index (κ3) is 2.24. The Labute approximate surface area is 99.9 Å². The number of nitrogens with one attached hydrogen (secondary N) is 1. The highest BCUT2D eigenvalue weighted by atomic mass is 32.2. The highest BCUT2D eigenvalue weighted by Crippen LogP contribution is 2.23. The fourth-order valence-corrected chi connectivity index (χ4v) is 2.91. The summed E-state index contributed by atoms with van der Waals surface area (Å²) in [7, 11) is 0. The average molecular weight is 239 g/mol. The van der Waals surface area contributed by atoms with Crippen LogP contribution in [0, 0.1) is 13.8 Å². The van der Waals surface area contributed by atoms with Crippen molar-refractivity contribution in [3.05, 3.63) is 17.0 Å². The van der Waals surface area contributed by atoms with Gasteiger partial charge in [0.15, 0.2) is 5.17 Å². The monoisotopic (exact) mass is 239 g/mol. The van der Waals surface area contributed by atoms with E-state index >= 15 is 0 Å². The fraction of sp³-hybridized carbons (Fsp3) is 0.636. The molecular weight excluding hydrogens is 222 g/mol. The molecular formula is C11H17N3OS. The van der Waals surface area contributed by atoms with Crippen LogP contribution in [0.2, 0.25) is 0 Å². The van der Waals surface area contributed by atoms with Crippen LogP contribution in [-0.2, 0) is 0 Å². The van der Waals surface area contributed by atoms with Crippen LogP contribution in [0.25, 0.3) is 0 Å². The number of hydrogen-bond acceptors (Lipinski definition) is 5. The summed E-state index contributed by atoms with van der Waals surface area (Å²) in [6, 6.07) is 0.618. The Hall–Kier alpha value is -0.970. The lowest BCUT2D eigenvalue weighted by molar-refractivity contribution is 0.391. The number of thioether (sulfide) groups is 1. The second-order valence-electron chi connectivity index (χ2n) is 4.20. The molecule has 1 N–H and O–H groups in total. The second-order valence-corrected chi connectivity index (χ2v) is 5.21. The average Bonchev–Trinajstić information content (AvgIpc) is 2.74. The van der Waals surface area contributed by atoms with E-state index in [1.54, 1.807) is 11.8 Å². The molecule has 0 radical (unpaired) electrons. The number of amidine groups is 1. The topological polar surface area (TPSA) is 50.4 Å². The number of nitrogens with zero attached hydrogens (tertiary/aromatic N) is 2. The maximum Gasteiger partial charge on any atom is 0.157 e. The molecule has 4 nitrogen and oxygen atoms in total. The predicted molar refractivity (Wildman–Crippen MR) is 66.9 cm³/mol. The first-order chi connectivity index (χ1) is 7.58. The molecule has 1 aliphatic rings. The van der Waals surface area contributed by atoms with Crippen molar-refractivity contribution in [3.8, 4) is 0 Å². The van der Waals surface area contributed by atoms with E-state index in [9.17, 15) is 0 Å². The lowest BCUT2D eigenvalue weighted by Gasteiger charge is -2.13. The first-order valence-electron chi connectivity index (χ1n) is 5.48. The van der Waals surface area contributed by atoms with Crippen LogP contribution in [0.4, 0.5) is 0 Å². The van der Waals surface area contributed by atoms with Gasteiger partial charge >= 0.3 is 0 Å². The minimum absolute atomic E-state index is 0.197. The molecule has 88 valence electrons. The zero-order valence-electron chi connectivity index (χ0n) is 10.1. The highest BCUT2D eigenvalue weighted by molar-refractivity contribution is 8.14. The molecule has 2 rings (SSSR count). The molecule has 0 amide bonds. The van der Waals surface area contributed by atoms with Gasteiger partial charge in [-0.3, -0.25) is 4.99 Å². The van der Waals surface area contributed by atoms with E-state index in [1.807, 2.05) is 13.8 Å². The van der Waals surface area contributed by atoms with Gasteiger partial charge in [-0.25, -0.2) is 0 Å². The summed E-state index contributed by atoms with van der Waals surface area (Å²) >= 11 is 1.78. The number of aryl methyl sites for hydroxylation is 2. The summed E-state index contributed by atoms with van der Waals surface area (Å²) in [4.78, 5) is 4.52. The van der Waals surface area contributed by atoms with E-state index in [0.29, 0.717) is 6.04 Å². The van der Waals surface area contributed by atoms with E-state index in [-0.39, 0.29) is 6.04 Å². The van der Waals surface area contributed by atoms with Crippen molar-refractivity contribution in [1.29, 1.82) is 0 Å². The summed E-state index contributed by atoms with van der Waals surface area (Å²) in [6.45, 7) is 8.15. The van der Waals surface area contributed by atoms with Gasteiger partial charge in [0, 0.05) is 11.3 Å². The quantitative estimate of drug-likeness (QED) is 0.861. The molecule has 1 aromatic rings. The van der Waals surface area contributed by atoms with E-state index in [0.717, 1.165) is 27.9 Å². The molecule has 0 saturated carbocycles. The minimum Gasteiger partial charge on any atom is -0.361 e. The largest absolute Gasteiger partial charge is 0.361 e. The maximum absolute atomic E-state index is 5.17. The molecule has 2 unspecified atom stereocenters. The van der Waals surface area contributed by atoms with Gasteiger partial charge in [-0.15, -0.1) is 0 Å². The smallest absolute Gasteiger partial charge is 0.157 e. The maximum atomic E-state index is 5.17. The van der Waals surface area contributed by atoms with Crippen LogP contribution in [0.15, 0.2) is 9.52 Å². The van der Waals surface area contributed by atoms with Gasteiger partial charge in [0.1, 0.15) is 5.76 Å². The normalized spacial score (nSPS) is 22.0. The van der Waals surface area contributed by atoms with E-state index < -0.39 is 0 Å². The van der Waals surface area contributed by atoms with Crippen molar-refractivity contribution >= 4 is 16.9 Å². The first kappa shape index (κ1) is 11.5. The molecule has 5 heteroatoms. The van der Waals surface area contributed by atoms with Crippen molar-refractivity contribution in [2.45, 2.75) is 39.8 Å². The van der Waals surface area contributed by atoms with Gasteiger partial charge in [-0.05, 0) is 27.7 Å². The third-order valence-corrected chi connectivity index (χ3v) is 3.81. The Morgan fingerprint density at radius 1 is 1.50 bits per heavy atom. The Kier molecular flexibility index (Phi) is 3.23. The van der Waals surface area contributed by atoms with E-state index in [2.05, 4.69) is 29.3 Å². The van der Waals surface area contributed by atoms with Crippen LogP contribution < -0.4 is 5.32 Å². The highest BCUT2D eigenvalue weighted by Gasteiger charge is 2.20. The van der Waals surface area contributed by atoms with Gasteiger partial charge < -0.3 is 9.84 Å². The van der Waals surface area contributed by atoms with Crippen LogP contribution in [0.1, 0.15) is 36.9 Å². The predicted octanol–water partition coefficient (Wildman–Crippen LogP) is 2.43. The number of rotatable bonds is 2. The standard InChI is InChI=1S/C11H17N3OS/c1-6-5-16-11(12-6)13-7(2)10-8(3)14-15-9(10)4/h6-7H,5H2,1-4H3,(H,12,13). The van der Waals surface area contributed by atoms with E-state index in [1.165, 1.54) is 0 Å². The van der Waals surface area contributed by atoms with Gasteiger partial charge in [0.05, 0.1) is 17.8 Å². The Morgan fingerprint density at radius 3 is 2.75 bits per heavy atom. The third-order valence-electron chi connectivity index (χ3n) is 2.66. The van der Waals surface area contributed by atoms with Crippen LogP contribution in [-0.4, -0.2) is 22.1 Å². The molecule has 1 aromatic heterocycles. The molecule has 0 fully saturated rings. The number of hydrogen-bond donors (Lipinski definition) is 1. The summed E-state index contributed by atoms with van der Waals surface area (Å²) < 4.78 is 5.17. The molecule has 0 aliphatic carbocycles. The lowest BCUT2D eigenvalue weighted by atomic mass is 10.1. The lowest BCUT2D eigenvalue weighted by Crippen LogP contribution is -2.23. The van der Waals surface area contributed by atoms with Gasteiger partial charge in [0.2, 0.25) is 0 Å². The van der Waals surface area contributed by atoms with Crippen LogP contribution in [0.5, 0.6) is 0 Å². The van der Waals surface area contributed by atoms with Crippen molar-refractivity contribution < 1.29 is 4.52 Å². The molecule has 0 saturated heterocycles. The van der Waals surface area contributed by atoms with E-state index in [4.69, 9.17) is 4.52 Å². The fourth-order valence-electron chi connectivity index (χ4n) is 1.92.